The van der Waals surface area contributed by atoms with Crippen LogP contribution in [0, 0.1) is 6.92 Å². The number of halogens is 1. The highest BCUT2D eigenvalue weighted by Crippen LogP contribution is 2.34. The second-order valence-electron chi connectivity index (χ2n) is 11.2. The van der Waals surface area contributed by atoms with E-state index < -0.39 is 28.5 Å². The number of benzene rings is 4. The number of hydrogen-bond acceptors (Lipinski definition) is 5. The van der Waals surface area contributed by atoms with Gasteiger partial charge in [-0.25, -0.2) is 8.42 Å². The van der Waals surface area contributed by atoms with E-state index in [1.54, 1.807) is 60.7 Å². The van der Waals surface area contributed by atoms with Crippen molar-refractivity contribution < 1.29 is 22.7 Å². The zero-order valence-electron chi connectivity index (χ0n) is 26.5. The van der Waals surface area contributed by atoms with E-state index in [9.17, 15) is 18.0 Å². The molecule has 1 N–H and O–H groups in total. The lowest BCUT2D eigenvalue weighted by molar-refractivity contribution is -0.140. The lowest BCUT2D eigenvalue weighted by Crippen LogP contribution is -2.54. The molecule has 0 heterocycles. The van der Waals surface area contributed by atoms with Crippen molar-refractivity contribution in [3.05, 3.63) is 125 Å². The first-order chi connectivity index (χ1) is 22.0. The molecule has 0 aliphatic carbocycles. The first-order valence-electron chi connectivity index (χ1n) is 15.1. The lowest BCUT2D eigenvalue weighted by Gasteiger charge is -2.34. The lowest BCUT2D eigenvalue weighted by atomic mass is 10.0. The minimum Gasteiger partial charge on any atom is -0.495 e. The number of sulfonamides is 1. The molecule has 0 saturated heterocycles. The molecule has 242 valence electrons. The van der Waals surface area contributed by atoms with Gasteiger partial charge in [-0.1, -0.05) is 85.3 Å². The average Bonchev–Trinajstić information content (AvgIpc) is 3.06. The minimum atomic E-state index is -4.25. The van der Waals surface area contributed by atoms with Gasteiger partial charge < -0.3 is 15.0 Å². The van der Waals surface area contributed by atoms with E-state index in [1.807, 2.05) is 51.1 Å². The molecule has 2 atom stereocenters. The zero-order valence-corrected chi connectivity index (χ0v) is 28.1. The highest BCUT2D eigenvalue weighted by atomic mass is 35.5. The number of carbonyl (C=O) groups excluding carboxylic acids is 2. The molecule has 46 heavy (non-hydrogen) atoms. The topological polar surface area (TPSA) is 96.0 Å². The molecule has 0 bridgehead atoms. The number of amides is 2. The number of methoxy groups -OCH3 is 1. The van der Waals surface area contributed by atoms with Crippen LogP contribution in [0.25, 0.3) is 0 Å². The van der Waals surface area contributed by atoms with Gasteiger partial charge in [-0.3, -0.25) is 13.9 Å². The summed E-state index contributed by atoms with van der Waals surface area (Å²) in [5.41, 5.74) is 2.59. The summed E-state index contributed by atoms with van der Waals surface area (Å²) in [6.45, 7) is 5.18. The summed E-state index contributed by atoms with van der Waals surface area (Å²) in [6.07, 6.45) is 0.923. The van der Waals surface area contributed by atoms with Crippen molar-refractivity contribution in [1.29, 1.82) is 0 Å². The fourth-order valence-corrected chi connectivity index (χ4v) is 6.57. The van der Waals surface area contributed by atoms with Crippen LogP contribution in [0.15, 0.2) is 108 Å². The molecule has 0 spiro atoms. The summed E-state index contributed by atoms with van der Waals surface area (Å²) in [5.74, 6) is -0.595. The van der Waals surface area contributed by atoms with E-state index in [2.05, 4.69) is 5.32 Å². The SMILES string of the molecule is CC[C@@H](C)NC(=O)[C@H](Cc1ccccc1)N(Cc1ccc(Cl)cc1)C(=O)CN(c1cc(C)ccc1OC)S(=O)(=O)c1ccccc1. The molecule has 4 aromatic carbocycles. The van der Waals surface area contributed by atoms with E-state index in [0.29, 0.717) is 11.4 Å². The molecule has 0 aliphatic rings. The molecule has 8 nitrogen and oxygen atoms in total. The number of hydrogen-bond donors (Lipinski definition) is 1. The zero-order chi connectivity index (χ0) is 33.3. The van der Waals surface area contributed by atoms with E-state index in [-0.39, 0.29) is 41.2 Å². The summed E-state index contributed by atoms with van der Waals surface area (Å²) in [7, 11) is -2.80. The molecular formula is C36H40ClN3O5S. The fourth-order valence-electron chi connectivity index (χ4n) is 5.01. The summed E-state index contributed by atoms with van der Waals surface area (Å²) in [4.78, 5) is 30.1. The van der Waals surface area contributed by atoms with Crippen LogP contribution in [0.1, 0.15) is 37.0 Å². The van der Waals surface area contributed by atoms with Gasteiger partial charge >= 0.3 is 0 Å². The van der Waals surface area contributed by atoms with Crippen LogP contribution in [0.2, 0.25) is 5.02 Å². The Morgan fingerprint density at radius 2 is 1.52 bits per heavy atom. The number of anilines is 1. The van der Waals surface area contributed by atoms with Gasteiger partial charge in [0.05, 0.1) is 17.7 Å². The van der Waals surface area contributed by atoms with E-state index >= 15 is 0 Å². The third-order valence-electron chi connectivity index (χ3n) is 7.75. The maximum atomic E-state index is 14.6. The normalized spacial score (nSPS) is 12.5. The third kappa shape index (κ3) is 8.68. The maximum Gasteiger partial charge on any atom is 0.264 e. The summed E-state index contributed by atoms with van der Waals surface area (Å²) < 4.78 is 35.1. The van der Waals surface area contributed by atoms with Crippen LogP contribution in [0.5, 0.6) is 5.75 Å². The van der Waals surface area contributed by atoms with Crippen molar-refractivity contribution in [2.75, 3.05) is 18.0 Å². The van der Waals surface area contributed by atoms with Gasteiger partial charge in [0.2, 0.25) is 11.8 Å². The molecule has 0 saturated carbocycles. The fraction of sp³-hybridized carbons (Fsp3) is 0.278. The Balaban J connectivity index is 1.84. The molecule has 0 aliphatic heterocycles. The smallest absolute Gasteiger partial charge is 0.264 e. The van der Waals surface area contributed by atoms with Gasteiger partial charge in [-0.05, 0) is 73.4 Å². The second kappa shape index (κ2) is 15.8. The van der Waals surface area contributed by atoms with Crippen molar-refractivity contribution >= 4 is 39.1 Å². The number of carbonyl (C=O) groups is 2. The van der Waals surface area contributed by atoms with Crippen LogP contribution in [0.4, 0.5) is 5.69 Å². The second-order valence-corrected chi connectivity index (χ2v) is 13.5. The van der Waals surface area contributed by atoms with Crippen molar-refractivity contribution in [2.24, 2.45) is 0 Å². The van der Waals surface area contributed by atoms with Gasteiger partial charge in [-0.2, -0.15) is 0 Å². The number of ether oxygens (including phenoxy) is 1. The largest absolute Gasteiger partial charge is 0.495 e. The Labute approximate surface area is 277 Å². The number of aryl methyl sites for hydroxylation is 1. The maximum absolute atomic E-state index is 14.6. The minimum absolute atomic E-state index is 0.0194. The summed E-state index contributed by atoms with van der Waals surface area (Å²) >= 11 is 6.16. The van der Waals surface area contributed by atoms with E-state index in [1.165, 1.54) is 24.1 Å². The molecule has 0 radical (unpaired) electrons. The van der Waals surface area contributed by atoms with Crippen molar-refractivity contribution in [1.82, 2.24) is 10.2 Å². The van der Waals surface area contributed by atoms with Gasteiger partial charge in [0, 0.05) is 24.0 Å². The molecule has 2 amide bonds. The molecule has 0 aromatic heterocycles. The number of nitrogens with one attached hydrogen (secondary N) is 1. The summed E-state index contributed by atoms with van der Waals surface area (Å²) in [6, 6.07) is 28.5. The Bertz CT molecular complexity index is 1720. The Morgan fingerprint density at radius 3 is 2.13 bits per heavy atom. The quantitative estimate of drug-likeness (QED) is 0.169. The van der Waals surface area contributed by atoms with E-state index in [4.69, 9.17) is 16.3 Å². The van der Waals surface area contributed by atoms with Gasteiger partial charge in [0.25, 0.3) is 10.0 Å². The molecule has 4 aromatic rings. The van der Waals surface area contributed by atoms with Gasteiger partial charge in [0.15, 0.2) is 0 Å². The standard InChI is InChI=1S/C36H40ClN3O5S/c1-5-27(3)38-36(42)33(23-28-12-8-6-9-13-28)39(24-29-17-19-30(37)20-18-29)35(41)25-40(32-22-26(2)16-21-34(32)45-4)46(43,44)31-14-10-7-11-15-31/h6-22,27,33H,5,23-25H2,1-4H3,(H,38,42)/t27-,33+/m1/s1. The molecule has 0 fully saturated rings. The van der Waals surface area contributed by atoms with Gasteiger partial charge in [0.1, 0.15) is 18.3 Å². The highest BCUT2D eigenvalue weighted by Gasteiger charge is 2.35. The molecule has 10 heteroatoms. The Kier molecular flexibility index (Phi) is 11.8. The van der Waals surface area contributed by atoms with Crippen LogP contribution >= 0.6 is 11.6 Å². The number of rotatable bonds is 14. The van der Waals surface area contributed by atoms with Crippen LogP contribution in [-0.2, 0) is 32.6 Å². The first kappa shape index (κ1) is 34.5. The Hall–Kier alpha value is -4.34. The van der Waals surface area contributed by atoms with Crippen molar-refractivity contribution in [2.45, 2.75) is 57.1 Å². The molecule has 0 unspecified atom stereocenters. The first-order valence-corrected chi connectivity index (χ1v) is 17.0. The van der Waals surface area contributed by atoms with Gasteiger partial charge in [-0.15, -0.1) is 0 Å². The average molecular weight is 662 g/mol. The molecule has 4 rings (SSSR count). The van der Waals surface area contributed by atoms with E-state index in [0.717, 1.165) is 21.0 Å². The Morgan fingerprint density at radius 1 is 0.891 bits per heavy atom. The molecular weight excluding hydrogens is 622 g/mol. The third-order valence-corrected chi connectivity index (χ3v) is 9.78. The predicted octanol–water partition coefficient (Wildman–Crippen LogP) is 6.41. The van der Waals surface area contributed by atoms with Crippen molar-refractivity contribution in [3.8, 4) is 5.75 Å². The summed E-state index contributed by atoms with van der Waals surface area (Å²) in [5, 5.41) is 3.57. The van der Waals surface area contributed by atoms with Crippen molar-refractivity contribution in [3.63, 3.8) is 0 Å². The van der Waals surface area contributed by atoms with Crippen LogP contribution < -0.4 is 14.4 Å². The van der Waals surface area contributed by atoms with Crippen LogP contribution in [-0.4, -0.2) is 50.9 Å². The highest BCUT2D eigenvalue weighted by molar-refractivity contribution is 7.92. The number of nitrogens with zero attached hydrogens (tertiary/aromatic N) is 2. The predicted molar refractivity (Wildman–Crippen MR) is 183 cm³/mol. The monoisotopic (exact) mass is 661 g/mol. The van der Waals surface area contributed by atoms with Crippen LogP contribution in [0.3, 0.4) is 0 Å².